The average molecular weight is 282 g/mol. The molecule has 0 bridgehead atoms. The average Bonchev–Trinajstić information content (AvgIpc) is 2.79. The standard InChI is InChI=1S/C16H30N2O2/c1-16(2,3)20-15(19)18-14-10-6-9-13(11-14)17-12-7-4-5-8-12/h12-14,17H,4-11H2,1-3H3,(H,18,19). The minimum atomic E-state index is -0.416. The number of amides is 1. The molecule has 0 aromatic rings. The zero-order valence-electron chi connectivity index (χ0n) is 13.2. The first-order valence-corrected chi connectivity index (χ1v) is 8.18. The molecule has 20 heavy (non-hydrogen) atoms. The molecule has 2 aliphatic rings. The molecule has 2 atom stereocenters. The smallest absolute Gasteiger partial charge is 0.407 e. The van der Waals surface area contributed by atoms with E-state index in [1.807, 2.05) is 20.8 Å². The number of alkyl carbamates (subject to hydrolysis) is 1. The number of hydrogen-bond donors (Lipinski definition) is 2. The van der Waals surface area contributed by atoms with E-state index in [1.165, 1.54) is 38.5 Å². The van der Waals surface area contributed by atoms with Gasteiger partial charge < -0.3 is 15.4 Å². The van der Waals surface area contributed by atoms with Crippen molar-refractivity contribution in [3.63, 3.8) is 0 Å². The maximum Gasteiger partial charge on any atom is 0.407 e. The monoisotopic (exact) mass is 282 g/mol. The molecular formula is C16H30N2O2. The lowest BCUT2D eigenvalue weighted by Crippen LogP contribution is -2.47. The normalized spacial score (nSPS) is 28.4. The summed E-state index contributed by atoms with van der Waals surface area (Å²) in [5.74, 6) is 0. The highest BCUT2D eigenvalue weighted by atomic mass is 16.6. The minimum absolute atomic E-state index is 0.262. The lowest BCUT2D eigenvalue weighted by molar-refractivity contribution is 0.0488. The van der Waals surface area contributed by atoms with Gasteiger partial charge in [0.25, 0.3) is 0 Å². The fraction of sp³-hybridized carbons (Fsp3) is 0.938. The Kier molecular flexibility index (Phi) is 5.30. The number of carbonyl (C=O) groups is 1. The number of rotatable bonds is 3. The van der Waals surface area contributed by atoms with Gasteiger partial charge in [-0.15, -0.1) is 0 Å². The van der Waals surface area contributed by atoms with E-state index in [-0.39, 0.29) is 12.1 Å². The van der Waals surface area contributed by atoms with E-state index in [1.54, 1.807) is 0 Å². The van der Waals surface area contributed by atoms with Gasteiger partial charge in [-0.1, -0.05) is 12.8 Å². The highest BCUT2D eigenvalue weighted by Crippen LogP contribution is 2.23. The van der Waals surface area contributed by atoms with E-state index in [4.69, 9.17) is 4.74 Å². The second-order valence-corrected chi connectivity index (χ2v) is 7.35. The topological polar surface area (TPSA) is 50.4 Å². The van der Waals surface area contributed by atoms with Crippen LogP contribution >= 0.6 is 0 Å². The first-order chi connectivity index (χ1) is 9.42. The van der Waals surface area contributed by atoms with Gasteiger partial charge in [0.2, 0.25) is 0 Å². The highest BCUT2D eigenvalue weighted by Gasteiger charge is 2.27. The molecule has 2 aliphatic carbocycles. The largest absolute Gasteiger partial charge is 0.444 e. The SMILES string of the molecule is CC(C)(C)OC(=O)NC1CCCC(NC2CCCC2)C1. The van der Waals surface area contributed by atoms with Crippen molar-refractivity contribution in [1.29, 1.82) is 0 Å². The molecule has 2 saturated carbocycles. The zero-order chi connectivity index (χ0) is 14.6. The Morgan fingerprint density at radius 3 is 2.20 bits per heavy atom. The molecule has 1 amide bonds. The summed E-state index contributed by atoms with van der Waals surface area (Å²) in [6.07, 6.45) is 9.63. The molecule has 0 saturated heterocycles. The van der Waals surface area contributed by atoms with Crippen LogP contribution in [0.25, 0.3) is 0 Å². The molecule has 2 N–H and O–H groups in total. The van der Waals surface area contributed by atoms with Crippen LogP contribution in [-0.2, 0) is 4.74 Å². The first kappa shape index (κ1) is 15.6. The summed E-state index contributed by atoms with van der Waals surface area (Å²) in [7, 11) is 0. The fourth-order valence-electron chi connectivity index (χ4n) is 3.37. The Morgan fingerprint density at radius 2 is 1.55 bits per heavy atom. The van der Waals surface area contributed by atoms with Crippen molar-refractivity contribution < 1.29 is 9.53 Å². The van der Waals surface area contributed by atoms with Gasteiger partial charge in [-0.25, -0.2) is 4.79 Å². The molecule has 4 heteroatoms. The Hall–Kier alpha value is -0.770. The van der Waals surface area contributed by atoms with Gasteiger partial charge in [0.05, 0.1) is 0 Å². The number of carbonyl (C=O) groups excluding carboxylic acids is 1. The van der Waals surface area contributed by atoms with Crippen LogP contribution in [0.15, 0.2) is 0 Å². The lowest BCUT2D eigenvalue weighted by Gasteiger charge is -2.32. The molecule has 0 heterocycles. The molecular weight excluding hydrogens is 252 g/mol. The third-order valence-corrected chi connectivity index (χ3v) is 4.22. The van der Waals surface area contributed by atoms with Crippen LogP contribution in [0.1, 0.15) is 72.1 Å². The van der Waals surface area contributed by atoms with Gasteiger partial charge in [0.1, 0.15) is 5.60 Å². The van der Waals surface area contributed by atoms with Crippen LogP contribution in [0.4, 0.5) is 4.79 Å². The van der Waals surface area contributed by atoms with Gasteiger partial charge in [-0.2, -0.15) is 0 Å². The number of hydrogen-bond acceptors (Lipinski definition) is 3. The van der Waals surface area contributed by atoms with E-state index in [0.717, 1.165) is 12.8 Å². The minimum Gasteiger partial charge on any atom is -0.444 e. The second-order valence-electron chi connectivity index (χ2n) is 7.35. The predicted octanol–water partition coefficient (Wildman–Crippen LogP) is 3.35. The highest BCUT2D eigenvalue weighted by molar-refractivity contribution is 5.68. The van der Waals surface area contributed by atoms with Crippen molar-refractivity contribution >= 4 is 6.09 Å². The van der Waals surface area contributed by atoms with Crippen LogP contribution in [-0.4, -0.2) is 29.8 Å². The fourth-order valence-corrected chi connectivity index (χ4v) is 3.37. The van der Waals surface area contributed by atoms with Crippen LogP contribution in [0.5, 0.6) is 0 Å². The number of ether oxygens (including phenoxy) is 1. The molecule has 4 nitrogen and oxygen atoms in total. The summed E-state index contributed by atoms with van der Waals surface area (Å²) in [5.41, 5.74) is -0.416. The maximum absolute atomic E-state index is 11.8. The molecule has 2 rings (SSSR count). The molecule has 2 unspecified atom stereocenters. The molecule has 0 spiro atoms. The third kappa shape index (κ3) is 5.31. The van der Waals surface area contributed by atoms with Crippen molar-refractivity contribution in [2.75, 3.05) is 0 Å². The van der Waals surface area contributed by atoms with Crippen molar-refractivity contribution in [3.8, 4) is 0 Å². The van der Waals surface area contributed by atoms with Gasteiger partial charge in [-0.3, -0.25) is 0 Å². The maximum atomic E-state index is 11.8. The van der Waals surface area contributed by atoms with E-state index in [0.29, 0.717) is 12.1 Å². The van der Waals surface area contributed by atoms with Crippen molar-refractivity contribution in [2.45, 2.75) is 95.9 Å². The summed E-state index contributed by atoms with van der Waals surface area (Å²) < 4.78 is 5.34. The summed E-state index contributed by atoms with van der Waals surface area (Å²) in [6.45, 7) is 5.70. The summed E-state index contributed by atoms with van der Waals surface area (Å²) in [6, 6.07) is 1.53. The third-order valence-electron chi connectivity index (χ3n) is 4.22. The summed E-state index contributed by atoms with van der Waals surface area (Å²) in [5, 5.41) is 6.81. The van der Waals surface area contributed by atoms with Crippen molar-refractivity contribution in [2.24, 2.45) is 0 Å². The second kappa shape index (κ2) is 6.79. The summed E-state index contributed by atoms with van der Waals surface area (Å²) >= 11 is 0. The van der Waals surface area contributed by atoms with Gasteiger partial charge in [0, 0.05) is 18.1 Å². The Labute approximate surface area is 123 Å². The number of nitrogens with one attached hydrogen (secondary N) is 2. The van der Waals surface area contributed by atoms with Crippen molar-refractivity contribution in [3.05, 3.63) is 0 Å². The molecule has 0 aromatic carbocycles. The Morgan fingerprint density at radius 1 is 0.950 bits per heavy atom. The van der Waals surface area contributed by atoms with E-state index in [9.17, 15) is 4.79 Å². The molecule has 2 fully saturated rings. The van der Waals surface area contributed by atoms with Crippen LogP contribution in [0.2, 0.25) is 0 Å². The van der Waals surface area contributed by atoms with Crippen LogP contribution in [0.3, 0.4) is 0 Å². The Bertz CT molecular complexity index is 319. The van der Waals surface area contributed by atoms with Crippen LogP contribution < -0.4 is 10.6 Å². The molecule has 116 valence electrons. The quantitative estimate of drug-likeness (QED) is 0.834. The van der Waals surface area contributed by atoms with Gasteiger partial charge in [0.15, 0.2) is 0 Å². The summed E-state index contributed by atoms with van der Waals surface area (Å²) in [4.78, 5) is 11.8. The zero-order valence-corrected chi connectivity index (χ0v) is 13.2. The Balaban J connectivity index is 1.73. The lowest BCUT2D eigenvalue weighted by atomic mass is 9.90. The van der Waals surface area contributed by atoms with Crippen LogP contribution in [0, 0.1) is 0 Å². The van der Waals surface area contributed by atoms with E-state index >= 15 is 0 Å². The molecule has 0 radical (unpaired) electrons. The first-order valence-electron chi connectivity index (χ1n) is 8.18. The van der Waals surface area contributed by atoms with E-state index < -0.39 is 5.60 Å². The molecule has 0 aliphatic heterocycles. The molecule has 0 aromatic heterocycles. The van der Waals surface area contributed by atoms with Gasteiger partial charge in [-0.05, 0) is 59.3 Å². The van der Waals surface area contributed by atoms with Crippen molar-refractivity contribution in [1.82, 2.24) is 10.6 Å². The predicted molar refractivity (Wildman–Crippen MR) is 80.8 cm³/mol. The van der Waals surface area contributed by atoms with E-state index in [2.05, 4.69) is 10.6 Å². The van der Waals surface area contributed by atoms with Gasteiger partial charge >= 0.3 is 6.09 Å².